The van der Waals surface area contributed by atoms with E-state index in [2.05, 4.69) is 0 Å². The molecule has 0 fully saturated rings. The average molecular weight is 408 g/mol. The second-order valence-corrected chi connectivity index (χ2v) is 7.03. The minimum absolute atomic E-state index is 0.193. The van der Waals surface area contributed by atoms with Gasteiger partial charge >= 0.3 is 5.97 Å². The van der Waals surface area contributed by atoms with Crippen LogP contribution >= 0.6 is 11.3 Å². The predicted octanol–water partition coefficient (Wildman–Crippen LogP) is 4.60. The van der Waals surface area contributed by atoms with Crippen molar-refractivity contribution in [1.82, 2.24) is 0 Å². The van der Waals surface area contributed by atoms with Crippen LogP contribution in [-0.4, -0.2) is 26.0 Å². The molecule has 4 rings (SSSR count). The molecule has 0 unspecified atom stereocenters. The minimum atomic E-state index is -0.455. The zero-order valence-electron chi connectivity index (χ0n) is 15.6. The molecule has 0 aliphatic carbocycles. The lowest BCUT2D eigenvalue weighted by atomic mass is 10.1. The van der Waals surface area contributed by atoms with Crippen molar-refractivity contribution in [2.24, 2.45) is 0 Å². The number of ketones is 1. The predicted molar refractivity (Wildman–Crippen MR) is 108 cm³/mol. The summed E-state index contributed by atoms with van der Waals surface area (Å²) in [5.41, 5.74) is 1.14. The van der Waals surface area contributed by atoms with Gasteiger partial charge in [-0.3, -0.25) is 4.79 Å². The third-order valence-electron chi connectivity index (χ3n) is 4.29. The molecule has 1 aliphatic heterocycles. The first-order chi connectivity index (χ1) is 14.1. The van der Waals surface area contributed by atoms with Crippen LogP contribution in [0.5, 0.6) is 23.0 Å². The third kappa shape index (κ3) is 3.72. The van der Waals surface area contributed by atoms with Crippen molar-refractivity contribution in [3.05, 3.63) is 75.7 Å². The van der Waals surface area contributed by atoms with Crippen LogP contribution in [0.2, 0.25) is 0 Å². The van der Waals surface area contributed by atoms with Gasteiger partial charge in [-0.15, -0.1) is 11.3 Å². The Morgan fingerprint density at radius 1 is 1.03 bits per heavy atom. The van der Waals surface area contributed by atoms with E-state index in [0.717, 1.165) is 0 Å². The summed E-state index contributed by atoms with van der Waals surface area (Å²) in [7, 11) is 3.03. The third-order valence-corrected chi connectivity index (χ3v) is 5.14. The van der Waals surface area contributed by atoms with E-state index >= 15 is 0 Å². The lowest BCUT2D eigenvalue weighted by molar-refractivity contribution is 0.0734. The quantitative estimate of drug-likeness (QED) is 0.349. The first-order valence-electron chi connectivity index (χ1n) is 8.65. The second kappa shape index (κ2) is 7.81. The fourth-order valence-electron chi connectivity index (χ4n) is 2.85. The molecule has 0 spiro atoms. The molecule has 7 heteroatoms. The maximum Gasteiger partial charge on any atom is 0.353 e. The van der Waals surface area contributed by atoms with Crippen molar-refractivity contribution in [1.29, 1.82) is 0 Å². The topological polar surface area (TPSA) is 71.1 Å². The number of Topliss-reactive ketones (excluding diaryl/α,β-unsaturated/α-hetero) is 1. The molecule has 0 radical (unpaired) electrons. The van der Waals surface area contributed by atoms with Crippen LogP contribution in [-0.2, 0) is 0 Å². The van der Waals surface area contributed by atoms with Gasteiger partial charge in [0, 0.05) is 6.07 Å². The van der Waals surface area contributed by atoms with E-state index in [1.54, 1.807) is 67.1 Å². The monoisotopic (exact) mass is 408 g/mol. The molecule has 1 aliphatic rings. The molecule has 6 nitrogen and oxygen atoms in total. The van der Waals surface area contributed by atoms with Gasteiger partial charge in [-0.25, -0.2) is 4.79 Å². The molecule has 1 aromatic heterocycles. The molecule has 29 heavy (non-hydrogen) atoms. The number of allylic oxidation sites excluding steroid dienone is 1. The van der Waals surface area contributed by atoms with Crippen molar-refractivity contribution in [2.45, 2.75) is 0 Å². The SMILES string of the molecule is COc1ccc2c(c1)O/C(=C\c1ccc(OC(=O)c3cccs3)c(OC)c1)C2=O. The largest absolute Gasteiger partial charge is 0.497 e. The molecule has 0 amide bonds. The second-order valence-electron chi connectivity index (χ2n) is 6.08. The lowest BCUT2D eigenvalue weighted by Gasteiger charge is -2.09. The van der Waals surface area contributed by atoms with Gasteiger partial charge in [0.05, 0.1) is 19.8 Å². The van der Waals surface area contributed by atoms with Gasteiger partial charge < -0.3 is 18.9 Å². The highest BCUT2D eigenvalue weighted by atomic mass is 32.1. The summed E-state index contributed by atoms with van der Waals surface area (Å²) in [6, 6.07) is 13.5. The maximum absolute atomic E-state index is 12.6. The van der Waals surface area contributed by atoms with E-state index in [-0.39, 0.29) is 11.5 Å². The number of methoxy groups -OCH3 is 2. The Labute approximate surface area is 170 Å². The summed E-state index contributed by atoms with van der Waals surface area (Å²) < 4.78 is 21.6. The van der Waals surface area contributed by atoms with Gasteiger partial charge in [0.15, 0.2) is 17.3 Å². The minimum Gasteiger partial charge on any atom is -0.497 e. The summed E-state index contributed by atoms with van der Waals surface area (Å²) in [6.07, 6.45) is 1.61. The van der Waals surface area contributed by atoms with Crippen LogP contribution in [0.15, 0.2) is 59.7 Å². The fourth-order valence-corrected chi connectivity index (χ4v) is 3.45. The highest BCUT2D eigenvalue weighted by Crippen LogP contribution is 2.36. The molecule has 0 bridgehead atoms. The first kappa shape index (κ1) is 18.8. The van der Waals surface area contributed by atoms with Crippen molar-refractivity contribution in [2.75, 3.05) is 14.2 Å². The number of hydrogen-bond acceptors (Lipinski definition) is 7. The van der Waals surface area contributed by atoms with Gasteiger partial charge in [0.2, 0.25) is 5.78 Å². The smallest absolute Gasteiger partial charge is 0.353 e. The Bertz CT molecular complexity index is 1110. The van der Waals surface area contributed by atoms with Crippen molar-refractivity contribution in [3.63, 3.8) is 0 Å². The van der Waals surface area contributed by atoms with Gasteiger partial charge in [-0.1, -0.05) is 12.1 Å². The van der Waals surface area contributed by atoms with Gasteiger partial charge in [-0.2, -0.15) is 0 Å². The van der Waals surface area contributed by atoms with Crippen LogP contribution in [0.1, 0.15) is 25.6 Å². The molecular formula is C22H16O6S. The normalized spacial score (nSPS) is 13.7. The summed E-state index contributed by atoms with van der Waals surface area (Å²) >= 11 is 1.30. The summed E-state index contributed by atoms with van der Waals surface area (Å²) in [5.74, 6) is 1.25. The van der Waals surface area contributed by atoms with Gasteiger partial charge in [-0.05, 0) is 47.4 Å². The van der Waals surface area contributed by atoms with E-state index in [9.17, 15) is 9.59 Å². The Balaban J connectivity index is 1.58. The summed E-state index contributed by atoms with van der Waals surface area (Å²) in [5, 5.41) is 1.80. The number of thiophene rings is 1. The molecule has 0 N–H and O–H groups in total. The highest BCUT2D eigenvalue weighted by Gasteiger charge is 2.27. The van der Waals surface area contributed by atoms with Gasteiger partial charge in [0.1, 0.15) is 16.4 Å². The van der Waals surface area contributed by atoms with Gasteiger partial charge in [0.25, 0.3) is 0 Å². The Kier molecular flexibility index (Phi) is 5.05. The first-order valence-corrected chi connectivity index (χ1v) is 9.53. The number of fused-ring (bicyclic) bond motifs is 1. The fraction of sp³-hybridized carbons (Fsp3) is 0.0909. The maximum atomic E-state index is 12.6. The number of benzene rings is 2. The molecule has 3 aromatic rings. The van der Waals surface area contributed by atoms with E-state index < -0.39 is 5.97 Å². The Hall–Kier alpha value is -3.58. The van der Waals surface area contributed by atoms with Crippen LogP contribution in [0.3, 0.4) is 0 Å². The van der Waals surface area contributed by atoms with Crippen LogP contribution in [0.25, 0.3) is 6.08 Å². The number of carbonyl (C=O) groups is 2. The van der Waals surface area contributed by atoms with Crippen LogP contribution in [0, 0.1) is 0 Å². The number of ether oxygens (including phenoxy) is 4. The number of hydrogen-bond donors (Lipinski definition) is 0. The van der Waals surface area contributed by atoms with E-state index in [0.29, 0.717) is 39.0 Å². The van der Waals surface area contributed by atoms with Crippen LogP contribution < -0.4 is 18.9 Å². The van der Waals surface area contributed by atoms with E-state index in [4.69, 9.17) is 18.9 Å². The molecule has 0 atom stereocenters. The Morgan fingerprint density at radius 2 is 1.90 bits per heavy atom. The standard InChI is InChI=1S/C22H16O6S/c1-25-14-6-7-15-17(12-14)27-19(21(15)23)11-13-5-8-16(18(10-13)26-2)28-22(24)20-4-3-9-29-20/h3-12H,1-2H3/b19-11-. The summed E-state index contributed by atoms with van der Waals surface area (Å²) in [6.45, 7) is 0. The molecule has 0 saturated heterocycles. The molecule has 146 valence electrons. The molecule has 2 aromatic carbocycles. The number of rotatable bonds is 5. The zero-order chi connectivity index (χ0) is 20.4. The molecule has 0 saturated carbocycles. The summed E-state index contributed by atoms with van der Waals surface area (Å²) in [4.78, 5) is 25.2. The van der Waals surface area contributed by atoms with Crippen molar-refractivity contribution >= 4 is 29.2 Å². The molecular weight excluding hydrogens is 392 g/mol. The number of esters is 1. The highest BCUT2D eigenvalue weighted by molar-refractivity contribution is 7.12. The Morgan fingerprint density at radius 3 is 2.62 bits per heavy atom. The lowest BCUT2D eigenvalue weighted by Crippen LogP contribution is -2.07. The van der Waals surface area contributed by atoms with Crippen molar-refractivity contribution < 1.29 is 28.5 Å². The van der Waals surface area contributed by atoms with Crippen LogP contribution in [0.4, 0.5) is 0 Å². The number of carbonyl (C=O) groups excluding carboxylic acids is 2. The van der Waals surface area contributed by atoms with E-state index in [1.807, 2.05) is 0 Å². The average Bonchev–Trinajstić information content (AvgIpc) is 3.38. The zero-order valence-corrected chi connectivity index (χ0v) is 16.4. The van der Waals surface area contributed by atoms with E-state index in [1.165, 1.54) is 18.4 Å². The molecule has 2 heterocycles. The van der Waals surface area contributed by atoms with Crippen molar-refractivity contribution in [3.8, 4) is 23.0 Å².